The summed E-state index contributed by atoms with van der Waals surface area (Å²) in [5.74, 6) is 0.775. The highest BCUT2D eigenvalue weighted by atomic mass is 35.5. The average Bonchev–Trinajstić information content (AvgIpc) is 3.26. The maximum Gasteiger partial charge on any atom is 0.329 e. The van der Waals surface area contributed by atoms with Gasteiger partial charge in [0.15, 0.2) is 6.10 Å². The van der Waals surface area contributed by atoms with Crippen LogP contribution in [0.15, 0.2) is 53.3 Å². The summed E-state index contributed by atoms with van der Waals surface area (Å²) in [6.45, 7) is 1.90. The highest BCUT2D eigenvalue weighted by Crippen LogP contribution is 2.28. The van der Waals surface area contributed by atoms with Crippen LogP contribution in [0, 0.1) is 0 Å². The molecule has 0 aliphatic carbocycles. The monoisotopic (exact) mass is 436 g/mol. The summed E-state index contributed by atoms with van der Waals surface area (Å²) in [7, 11) is 1.67. The molecular formula is C20H18Cl2N2O5. The van der Waals surface area contributed by atoms with Gasteiger partial charge in [-0.25, -0.2) is 4.79 Å². The molecule has 1 atom stereocenters. The molecule has 0 fully saturated rings. The lowest BCUT2D eigenvalue weighted by molar-refractivity contribution is -0.117. The lowest BCUT2D eigenvalue weighted by Crippen LogP contribution is -2.24. The number of hydrogen-bond donors (Lipinski definition) is 0. The van der Waals surface area contributed by atoms with Crippen molar-refractivity contribution in [2.24, 2.45) is 7.05 Å². The lowest BCUT2D eigenvalue weighted by atomic mass is 10.1. The third-order valence-electron chi connectivity index (χ3n) is 4.23. The number of halogens is 2. The zero-order chi connectivity index (χ0) is 21.6. The van der Waals surface area contributed by atoms with Gasteiger partial charge in [0.05, 0.1) is 11.0 Å². The van der Waals surface area contributed by atoms with E-state index in [2.05, 4.69) is 0 Å². The van der Waals surface area contributed by atoms with E-state index in [-0.39, 0.29) is 12.2 Å². The first-order chi connectivity index (χ1) is 13.9. The third kappa shape index (κ3) is 5.13. The van der Waals surface area contributed by atoms with Crippen LogP contribution in [-0.2, 0) is 34.4 Å². The number of aromatic nitrogens is 2. The summed E-state index contributed by atoms with van der Waals surface area (Å²) < 4.78 is 8.15. The second-order valence-electron chi connectivity index (χ2n) is 5.99. The highest BCUT2D eigenvalue weighted by Gasteiger charge is 2.27. The van der Waals surface area contributed by atoms with Gasteiger partial charge in [0, 0.05) is 13.5 Å². The van der Waals surface area contributed by atoms with E-state index in [1.807, 2.05) is 49.3 Å². The van der Waals surface area contributed by atoms with E-state index in [0.717, 1.165) is 22.3 Å². The van der Waals surface area contributed by atoms with Gasteiger partial charge in [-0.1, -0.05) is 30.3 Å². The molecule has 2 aromatic carbocycles. The number of hydrogen-bond acceptors (Lipinski definition) is 5. The molecule has 9 heteroatoms. The maximum absolute atomic E-state index is 11.7. The predicted molar refractivity (Wildman–Crippen MR) is 111 cm³/mol. The van der Waals surface area contributed by atoms with Crippen LogP contribution in [0.2, 0.25) is 0 Å². The van der Waals surface area contributed by atoms with E-state index in [1.54, 1.807) is 13.1 Å². The molecule has 1 aliphatic rings. The Bertz CT molecular complexity index is 1060. The van der Waals surface area contributed by atoms with Gasteiger partial charge in [-0.2, -0.15) is 0 Å². The molecule has 0 radical (unpaired) electrons. The summed E-state index contributed by atoms with van der Waals surface area (Å²) in [6.07, 6.45) is 0.113. The first-order valence-corrected chi connectivity index (χ1v) is 9.19. The van der Waals surface area contributed by atoms with Crippen molar-refractivity contribution in [2.45, 2.75) is 19.1 Å². The standard InChI is InChI=1S/C10H9ClN2O2.C9H7ClO2.CH2O/c1-12-7-4-2-3-5-8(7)13(10(12)15)6-9(11)14;10-9(11)8-5-6-3-1-2-4-7(6)12-8;1-2/h2-5H,6H2,1H3;1-4,8H,5H2;1H2. The Labute approximate surface area is 176 Å². The molecule has 0 spiro atoms. The summed E-state index contributed by atoms with van der Waals surface area (Å²) in [6, 6.07) is 14.8. The van der Waals surface area contributed by atoms with Crippen molar-refractivity contribution in [1.29, 1.82) is 0 Å². The largest absolute Gasteiger partial charge is 0.481 e. The number of para-hydroxylation sites is 3. The van der Waals surface area contributed by atoms with E-state index in [1.165, 1.54) is 9.13 Å². The van der Waals surface area contributed by atoms with Crippen LogP contribution in [0.1, 0.15) is 5.56 Å². The van der Waals surface area contributed by atoms with Crippen LogP contribution in [0.4, 0.5) is 0 Å². The minimum Gasteiger partial charge on any atom is -0.481 e. The van der Waals surface area contributed by atoms with Crippen LogP contribution in [0.3, 0.4) is 0 Å². The molecule has 4 rings (SSSR count). The molecule has 152 valence electrons. The molecule has 0 N–H and O–H groups in total. The Morgan fingerprint density at radius 1 is 1.07 bits per heavy atom. The Morgan fingerprint density at radius 3 is 2.24 bits per heavy atom. The molecule has 0 saturated heterocycles. The van der Waals surface area contributed by atoms with Gasteiger partial charge in [-0.05, 0) is 47.0 Å². The zero-order valence-electron chi connectivity index (χ0n) is 15.5. The number of carbonyl (C=O) groups is 3. The van der Waals surface area contributed by atoms with Crippen LogP contribution in [0.5, 0.6) is 5.75 Å². The van der Waals surface area contributed by atoms with Crippen molar-refractivity contribution in [3.05, 3.63) is 64.6 Å². The minimum atomic E-state index is -0.548. The molecular weight excluding hydrogens is 419 g/mol. The first-order valence-electron chi connectivity index (χ1n) is 8.44. The van der Waals surface area contributed by atoms with Gasteiger partial charge in [0.25, 0.3) is 5.24 Å². The van der Waals surface area contributed by atoms with Gasteiger partial charge in [-0.3, -0.25) is 18.7 Å². The molecule has 0 saturated carbocycles. The van der Waals surface area contributed by atoms with Crippen molar-refractivity contribution in [2.75, 3.05) is 0 Å². The number of aryl methyl sites for hydroxylation is 1. The van der Waals surface area contributed by atoms with Crippen molar-refractivity contribution in [3.63, 3.8) is 0 Å². The SMILES string of the molecule is C=O.Cn1c(=O)n(CC(=O)Cl)c2ccccc21.O=C(Cl)C1Cc2ccccc2O1. The van der Waals surface area contributed by atoms with Crippen molar-refractivity contribution >= 4 is 51.5 Å². The Balaban J connectivity index is 0.000000194. The molecule has 0 bridgehead atoms. The molecule has 29 heavy (non-hydrogen) atoms. The Kier molecular flexibility index (Phi) is 7.75. The molecule has 1 aliphatic heterocycles. The van der Waals surface area contributed by atoms with Crippen molar-refractivity contribution in [3.8, 4) is 5.75 Å². The topological polar surface area (TPSA) is 87.4 Å². The average molecular weight is 437 g/mol. The van der Waals surface area contributed by atoms with Crippen LogP contribution in [0.25, 0.3) is 11.0 Å². The molecule has 1 unspecified atom stereocenters. The number of rotatable bonds is 3. The van der Waals surface area contributed by atoms with Gasteiger partial charge in [0.1, 0.15) is 19.1 Å². The first kappa shape index (κ1) is 22.4. The fraction of sp³-hybridized carbons (Fsp3) is 0.200. The molecule has 2 heterocycles. The number of imidazole rings is 1. The van der Waals surface area contributed by atoms with Crippen molar-refractivity contribution < 1.29 is 19.1 Å². The summed E-state index contributed by atoms with van der Waals surface area (Å²) >= 11 is 10.6. The third-order valence-corrected chi connectivity index (χ3v) is 4.60. The van der Waals surface area contributed by atoms with Gasteiger partial charge < -0.3 is 9.53 Å². The number of carbonyl (C=O) groups excluding carboxylic acids is 3. The second kappa shape index (κ2) is 10.0. The van der Waals surface area contributed by atoms with E-state index in [4.69, 9.17) is 32.7 Å². The fourth-order valence-electron chi connectivity index (χ4n) is 2.95. The smallest absolute Gasteiger partial charge is 0.329 e. The fourth-order valence-corrected chi connectivity index (χ4v) is 3.19. The maximum atomic E-state index is 11.7. The number of nitrogens with zero attached hydrogens (tertiary/aromatic N) is 2. The van der Waals surface area contributed by atoms with E-state index in [0.29, 0.717) is 6.42 Å². The molecule has 1 aromatic heterocycles. The molecule has 3 aromatic rings. The number of ether oxygens (including phenoxy) is 1. The molecule has 7 nitrogen and oxygen atoms in total. The summed E-state index contributed by atoms with van der Waals surface area (Å²) in [4.78, 5) is 41.3. The van der Waals surface area contributed by atoms with Gasteiger partial charge >= 0.3 is 5.69 Å². The second-order valence-corrected chi connectivity index (χ2v) is 6.79. The number of benzene rings is 2. The van der Waals surface area contributed by atoms with Gasteiger partial charge in [-0.15, -0.1) is 0 Å². The summed E-state index contributed by atoms with van der Waals surface area (Å²) in [5.41, 5.74) is 2.33. The minimum absolute atomic E-state index is 0.0955. The van der Waals surface area contributed by atoms with Crippen molar-refractivity contribution in [1.82, 2.24) is 9.13 Å². The zero-order valence-corrected chi connectivity index (χ0v) is 17.0. The highest BCUT2D eigenvalue weighted by molar-refractivity contribution is 6.64. The van der Waals surface area contributed by atoms with E-state index in [9.17, 15) is 14.4 Å². The Morgan fingerprint density at radius 2 is 1.66 bits per heavy atom. The lowest BCUT2D eigenvalue weighted by Gasteiger charge is -2.02. The normalized spacial score (nSPS) is 14.0. The van der Waals surface area contributed by atoms with Crippen LogP contribution >= 0.6 is 23.2 Å². The Hall–Kier alpha value is -2.90. The van der Waals surface area contributed by atoms with E-state index >= 15 is 0 Å². The molecule has 0 amide bonds. The van der Waals surface area contributed by atoms with E-state index < -0.39 is 16.6 Å². The van der Waals surface area contributed by atoms with Gasteiger partial charge in [0.2, 0.25) is 5.24 Å². The van der Waals surface area contributed by atoms with Crippen LogP contribution < -0.4 is 10.4 Å². The summed E-state index contributed by atoms with van der Waals surface area (Å²) in [5, 5.41) is -0.973. The van der Waals surface area contributed by atoms with Crippen LogP contribution in [-0.4, -0.2) is 32.5 Å². The predicted octanol–water partition coefficient (Wildman–Crippen LogP) is 2.68. The number of fused-ring (bicyclic) bond motifs is 2. The quantitative estimate of drug-likeness (QED) is 0.588.